The molecule has 0 aliphatic rings. The van der Waals surface area contributed by atoms with Crippen LogP contribution < -0.4 is 5.56 Å². The number of aromatic nitrogens is 3. The number of aromatic amines is 1. The number of nitrogens with zero attached hydrogens (tertiary/aromatic N) is 2. The zero-order valence-corrected chi connectivity index (χ0v) is 13.9. The number of carbonyl (C=O) groups is 1. The van der Waals surface area contributed by atoms with Gasteiger partial charge >= 0.3 is 12.1 Å². The predicted molar refractivity (Wildman–Crippen MR) is 86.3 cm³/mol. The van der Waals surface area contributed by atoms with Crippen molar-refractivity contribution >= 4 is 34.7 Å². The second-order valence-corrected chi connectivity index (χ2v) is 5.66. The van der Waals surface area contributed by atoms with E-state index in [1.807, 2.05) is 0 Å². The van der Waals surface area contributed by atoms with E-state index in [0.717, 1.165) is 16.7 Å². The van der Waals surface area contributed by atoms with Crippen LogP contribution in [0.25, 0.3) is 16.6 Å². The van der Waals surface area contributed by atoms with Gasteiger partial charge in [0.15, 0.2) is 10.5 Å². The third kappa shape index (κ3) is 2.62. The largest absolute Gasteiger partial charge is 0.461 e. The number of H-pyrrole nitrogens is 1. The summed E-state index contributed by atoms with van der Waals surface area (Å²) in [5.41, 5.74) is -1.45. The highest BCUT2D eigenvalue weighted by Crippen LogP contribution is 2.31. The molecule has 0 saturated carbocycles. The molecule has 1 N–H and O–H groups in total. The first-order chi connectivity index (χ1) is 11.7. The molecule has 6 nitrogen and oxygen atoms in total. The van der Waals surface area contributed by atoms with E-state index in [4.69, 9.17) is 17.0 Å². The Balaban J connectivity index is 2.47. The van der Waals surface area contributed by atoms with E-state index in [9.17, 15) is 22.8 Å². The van der Waals surface area contributed by atoms with Crippen LogP contribution >= 0.6 is 12.2 Å². The quantitative estimate of drug-likeness (QED) is 0.555. The van der Waals surface area contributed by atoms with E-state index < -0.39 is 23.3 Å². The van der Waals surface area contributed by atoms with Gasteiger partial charge in [-0.2, -0.15) is 13.2 Å². The summed E-state index contributed by atoms with van der Waals surface area (Å²) in [5.74, 6) is -0.764. The number of halogens is 3. The van der Waals surface area contributed by atoms with Crippen LogP contribution in [0, 0.1) is 4.77 Å². The van der Waals surface area contributed by atoms with Gasteiger partial charge in [0.25, 0.3) is 5.56 Å². The van der Waals surface area contributed by atoms with E-state index in [1.54, 1.807) is 6.92 Å². The summed E-state index contributed by atoms with van der Waals surface area (Å²) >= 11 is 5.14. The van der Waals surface area contributed by atoms with Crippen LogP contribution in [0.2, 0.25) is 0 Å². The molecule has 0 unspecified atom stereocenters. The number of aryl methyl sites for hydroxylation is 1. The number of benzene rings is 1. The van der Waals surface area contributed by atoms with E-state index in [-0.39, 0.29) is 33.6 Å². The van der Waals surface area contributed by atoms with Crippen molar-refractivity contribution in [2.24, 2.45) is 7.05 Å². The molecule has 132 valence electrons. The Kier molecular flexibility index (Phi) is 3.94. The summed E-state index contributed by atoms with van der Waals surface area (Å²) in [6.07, 6.45) is -4.55. The lowest BCUT2D eigenvalue weighted by Crippen LogP contribution is -2.22. The molecule has 2 heterocycles. The number of esters is 1. The van der Waals surface area contributed by atoms with Crippen molar-refractivity contribution in [2.45, 2.75) is 13.1 Å². The Hall–Kier alpha value is -2.62. The maximum Gasteiger partial charge on any atom is 0.416 e. The van der Waals surface area contributed by atoms with Gasteiger partial charge in [0.2, 0.25) is 0 Å². The normalized spacial score (nSPS) is 12.0. The molecule has 0 spiro atoms. The summed E-state index contributed by atoms with van der Waals surface area (Å²) in [6, 6.07) is 2.98. The second kappa shape index (κ2) is 5.73. The molecule has 0 amide bonds. The Bertz CT molecular complexity index is 1120. The van der Waals surface area contributed by atoms with Crippen LogP contribution in [0.5, 0.6) is 0 Å². The molecule has 0 atom stereocenters. The Morgan fingerprint density at radius 2 is 2.00 bits per heavy atom. The van der Waals surface area contributed by atoms with E-state index >= 15 is 0 Å². The van der Waals surface area contributed by atoms with Gasteiger partial charge in [-0.15, -0.1) is 0 Å². The van der Waals surface area contributed by atoms with Crippen LogP contribution in [0.3, 0.4) is 0 Å². The number of carbonyl (C=O) groups excluding carboxylic acids is 1. The molecule has 0 saturated heterocycles. The van der Waals surface area contributed by atoms with Gasteiger partial charge in [-0.3, -0.25) is 9.20 Å². The average molecular weight is 371 g/mol. The van der Waals surface area contributed by atoms with Gasteiger partial charge in [-0.25, -0.2) is 4.79 Å². The van der Waals surface area contributed by atoms with Gasteiger partial charge in [0.05, 0.1) is 23.2 Å². The number of fused-ring (bicyclic) bond motifs is 3. The number of hydrogen-bond donors (Lipinski definition) is 1. The fourth-order valence-electron chi connectivity index (χ4n) is 2.64. The second-order valence-electron chi connectivity index (χ2n) is 5.28. The van der Waals surface area contributed by atoms with Crippen molar-refractivity contribution in [2.75, 3.05) is 6.61 Å². The van der Waals surface area contributed by atoms with Crippen molar-refractivity contribution in [1.82, 2.24) is 14.0 Å². The predicted octanol–water partition coefficient (Wildman–Crippen LogP) is 3.04. The molecule has 2 aromatic heterocycles. The zero-order chi connectivity index (χ0) is 18.5. The zero-order valence-electron chi connectivity index (χ0n) is 13.1. The lowest BCUT2D eigenvalue weighted by Gasteiger charge is -2.12. The summed E-state index contributed by atoms with van der Waals surface area (Å²) in [5, 5.41) is 0. The van der Waals surface area contributed by atoms with Gasteiger partial charge in [-0.1, -0.05) is 0 Å². The number of imidazole rings is 1. The number of nitrogens with one attached hydrogen (secondary N) is 1. The SMILES string of the molecule is CCOC(=O)c1[nH]c(=S)n2c1c(=O)n(C)c1cc(C(F)(F)F)ccc12. The topological polar surface area (TPSA) is 68.5 Å². The maximum absolute atomic E-state index is 13.0. The fourth-order valence-corrected chi connectivity index (χ4v) is 2.94. The first-order valence-electron chi connectivity index (χ1n) is 7.18. The minimum absolute atomic E-state index is 0.0144. The van der Waals surface area contributed by atoms with Crippen LogP contribution in [0.4, 0.5) is 13.2 Å². The first-order valence-corrected chi connectivity index (χ1v) is 7.59. The summed E-state index contributed by atoms with van der Waals surface area (Å²) < 4.78 is 46.1. The average Bonchev–Trinajstić information content (AvgIpc) is 2.89. The summed E-state index contributed by atoms with van der Waals surface area (Å²) in [6.45, 7) is 1.70. The molecular formula is C15H12F3N3O3S. The molecule has 0 aliphatic carbocycles. The highest BCUT2D eigenvalue weighted by atomic mass is 32.1. The number of rotatable bonds is 2. The van der Waals surface area contributed by atoms with Crippen molar-refractivity contribution in [1.29, 1.82) is 0 Å². The van der Waals surface area contributed by atoms with Crippen molar-refractivity contribution in [3.05, 3.63) is 44.6 Å². The monoisotopic (exact) mass is 371 g/mol. The van der Waals surface area contributed by atoms with E-state index in [0.29, 0.717) is 0 Å². The molecule has 0 bridgehead atoms. The Morgan fingerprint density at radius 1 is 1.32 bits per heavy atom. The summed E-state index contributed by atoms with van der Waals surface area (Å²) in [4.78, 5) is 27.3. The molecule has 0 fully saturated rings. The minimum atomic E-state index is -4.55. The lowest BCUT2D eigenvalue weighted by atomic mass is 10.1. The first kappa shape index (κ1) is 17.2. The Labute approximate surface area is 143 Å². The molecule has 1 aromatic carbocycles. The summed E-state index contributed by atoms with van der Waals surface area (Å²) in [7, 11) is 1.33. The van der Waals surface area contributed by atoms with E-state index in [2.05, 4.69) is 4.98 Å². The highest BCUT2D eigenvalue weighted by molar-refractivity contribution is 7.71. The van der Waals surface area contributed by atoms with Crippen LogP contribution in [0.15, 0.2) is 23.0 Å². The molecule has 3 rings (SSSR count). The van der Waals surface area contributed by atoms with Gasteiger partial charge in [-0.05, 0) is 37.3 Å². The number of alkyl halides is 3. The van der Waals surface area contributed by atoms with Crippen LogP contribution in [-0.2, 0) is 18.0 Å². The third-order valence-corrected chi connectivity index (χ3v) is 4.07. The number of ether oxygens (including phenoxy) is 1. The lowest BCUT2D eigenvalue weighted by molar-refractivity contribution is -0.137. The van der Waals surface area contributed by atoms with Gasteiger partial charge in [0.1, 0.15) is 5.52 Å². The third-order valence-electron chi connectivity index (χ3n) is 3.79. The highest BCUT2D eigenvalue weighted by Gasteiger charge is 2.31. The smallest absolute Gasteiger partial charge is 0.416 e. The fraction of sp³-hybridized carbons (Fsp3) is 0.267. The molecular weight excluding hydrogens is 359 g/mol. The molecule has 3 aromatic rings. The van der Waals surface area contributed by atoms with Crippen LogP contribution in [0.1, 0.15) is 23.0 Å². The van der Waals surface area contributed by atoms with Crippen molar-refractivity contribution < 1.29 is 22.7 Å². The molecule has 10 heteroatoms. The maximum atomic E-state index is 13.0. The Morgan fingerprint density at radius 3 is 2.60 bits per heavy atom. The minimum Gasteiger partial charge on any atom is -0.461 e. The van der Waals surface area contributed by atoms with Crippen molar-refractivity contribution in [3.63, 3.8) is 0 Å². The number of hydrogen-bond acceptors (Lipinski definition) is 4. The molecule has 0 radical (unpaired) electrons. The standard InChI is InChI=1S/C15H12F3N3O3S/c1-3-24-13(23)10-11-12(22)20(2)9-6-7(15(16,17)18)4-5-8(9)21(11)14(25)19-10/h4-6H,3H2,1-2H3,(H,19,25). The molecule has 25 heavy (non-hydrogen) atoms. The van der Waals surface area contributed by atoms with E-state index in [1.165, 1.54) is 17.5 Å². The van der Waals surface area contributed by atoms with Gasteiger partial charge < -0.3 is 14.3 Å². The molecule has 0 aliphatic heterocycles. The van der Waals surface area contributed by atoms with Crippen LogP contribution in [-0.4, -0.2) is 26.5 Å². The van der Waals surface area contributed by atoms with Crippen molar-refractivity contribution in [3.8, 4) is 0 Å². The van der Waals surface area contributed by atoms with Gasteiger partial charge in [0, 0.05) is 7.05 Å².